The van der Waals surface area contributed by atoms with Gasteiger partial charge in [-0.1, -0.05) is 17.7 Å². The summed E-state index contributed by atoms with van der Waals surface area (Å²) in [6, 6.07) is 5.87. The maximum absolute atomic E-state index is 5.98. The van der Waals surface area contributed by atoms with Crippen molar-refractivity contribution >= 4 is 11.6 Å². The molecule has 0 atom stereocenters. The molecule has 0 saturated heterocycles. The van der Waals surface area contributed by atoms with Crippen LogP contribution in [0.15, 0.2) is 24.4 Å². The molecular weight excluding hydrogens is 222 g/mol. The zero-order valence-corrected chi connectivity index (χ0v) is 9.33. The third-order valence-corrected chi connectivity index (χ3v) is 3.02. The van der Waals surface area contributed by atoms with Crippen molar-refractivity contribution in [1.29, 1.82) is 0 Å². The van der Waals surface area contributed by atoms with Crippen molar-refractivity contribution in [3.8, 4) is 11.3 Å². The standard InChI is InChI=1S/C12H10ClN3/c13-8-2-1-7-3-11-12(10(7)4-8)15-6-9(5-14)16-11/h1-2,4,6H,3,5,14H2. The summed E-state index contributed by atoms with van der Waals surface area (Å²) in [5.41, 5.74) is 10.6. The first-order valence-electron chi connectivity index (χ1n) is 5.11. The van der Waals surface area contributed by atoms with Gasteiger partial charge in [-0.25, -0.2) is 0 Å². The van der Waals surface area contributed by atoms with Crippen LogP contribution in [0.5, 0.6) is 0 Å². The molecule has 80 valence electrons. The first kappa shape index (κ1) is 9.75. The lowest BCUT2D eigenvalue weighted by Crippen LogP contribution is -2.02. The molecule has 2 aromatic rings. The minimum atomic E-state index is 0.428. The van der Waals surface area contributed by atoms with Crippen molar-refractivity contribution in [2.24, 2.45) is 5.73 Å². The Morgan fingerprint density at radius 2 is 2.25 bits per heavy atom. The summed E-state index contributed by atoms with van der Waals surface area (Å²) in [5.74, 6) is 0. The quantitative estimate of drug-likeness (QED) is 0.698. The minimum absolute atomic E-state index is 0.428. The van der Waals surface area contributed by atoms with Gasteiger partial charge in [0, 0.05) is 23.6 Å². The molecule has 1 heterocycles. The summed E-state index contributed by atoms with van der Waals surface area (Å²) in [6.45, 7) is 0.428. The van der Waals surface area contributed by atoms with E-state index in [1.165, 1.54) is 5.56 Å². The summed E-state index contributed by atoms with van der Waals surface area (Å²) in [5, 5.41) is 0.733. The van der Waals surface area contributed by atoms with E-state index < -0.39 is 0 Å². The number of hydrogen-bond acceptors (Lipinski definition) is 3. The molecule has 3 nitrogen and oxygen atoms in total. The molecule has 3 rings (SSSR count). The van der Waals surface area contributed by atoms with Gasteiger partial charge in [-0.15, -0.1) is 0 Å². The Balaban J connectivity index is 2.18. The summed E-state index contributed by atoms with van der Waals surface area (Å²) < 4.78 is 0. The zero-order valence-electron chi connectivity index (χ0n) is 8.57. The fourth-order valence-corrected chi connectivity index (χ4v) is 2.19. The minimum Gasteiger partial charge on any atom is -0.325 e. The zero-order chi connectivity index (χ0) is 11.1. The Morgan fingerprint density at radius 3 is 3.06 bits per heavy atom. The molecule has 0 saturated carbocycles. The van der Waals surface area contributed by atoms with E-state index in [2.05, 4.69) is 9.97 Å². The van der Waals surface area contributed by atoms with Crippen molar-refractivity contribution in [3.05, 3.63) is 46.4 Å². The highest BCUT2D eigenvalue weighted by Crippen LogP contribution is 2.35. The first-order valence-corrected chi connectivity index (χ1v) is 5.49. The molecule has 0 aliphatic heterocycles. The van der Waals surface area contributed by atoms with E-state index in [1.807, 2.05) is 18.2 Å². The Morgan fingerprint density at radius 1 is 1.38 bits per heavy atom. The summed E-state index contributed by atoms with van der Waals surface area (Å²) in [7, 11) is 0. The van der Waals surface area contributed by atoms with Crippen molar-refractivity contribution < 1.29 is 0 Å². The molecule has 1 aromatic heterocycles. The van der Waals surface area contributed by atoms with Crippen LogP contribution in [0, 0.1) is 0 Å². The lowest BCUT2D eigenvalue weighted by Gasteiger charge is -2.01. The topological polar surface area (TPSA) is 51.8 Å². The molecule has 0 bridgehead atoms. The number of rotatable bonds is 1. The van der Waals surface area contributed by atoms with Gasteiger partial charge in [-0.3, -0.25) is 9.97 Å². The van der Waals surface area contributed by atoms with Crippen molar-refractivity contribution in [1.82, 2.24) is 9.97 Å². The number of nitrogens with zero attached hydrogens (tertiary/aromatic N) is 2. The van der Waals surface area contributed by atoms with Gasteiger partial charge in [0.05, 0.1) is 23.3 Å². The highest BCUT2D eigenvalue weighted by molar-refractivity contribution is 6.30. The van der Waals surface area contributed by atoms with Crippen LogP contribution in [-0.2, 0) is 13.0 Å². The highest BCUT2D eigenvalue weighted by atomic mass is 35.5. The van der Waals surface area contributed by atoms with Crippen LogP contribution in [0.2, 0.25) is 5.02 Å². The SMILES string of the molecule is NCc1cnc2c(n1)Cc1ccc(Cl)cc1-2. The Bertz CT molecular complexity index is 566. The number of aromatic nitrogens is 2. The number of hydrogen-bond donors (Lipinski definition) is 1. The van der Waals surface area contributed by atoms with Crippen molar-refractivity contribution in [2.75, 3.05) is 0 Å². The van der Waals surface area contributed by atoms with Crippen LogP contribution in [0.3, 0.4) is 0 Å². The van der Waals surface area contributed by atoms with Gasteiger partial charge >= 0.3 is 0 Å². The molecule has 2 N–H and O–H groups in total. The average molecular weight is 232 g/mol. The predicted molar refractivity (Wildman–Crippen MR) is 63.2 cm³/mol. The predicted octanol–water partition coefficient (Wildman–Crippen LogP) is 2.16. The third-order valence-electron chi connectivity index (χ3n) is 2.79. The summed E-state index contributed by atoms with van der Waals surface area (Å²) in [6.07, 6.45) is 2.55. The van der Waals surface area contributed by atoms with E-state index in [0.717, 1.165) is 34.1 Å². The molecule has 0 radical (unpaired) electrons. The maximum Gasteiger partial charge on any atom is 0.0924 e. The molecular formula is C12H10ClN3. The maximum atomic E-state index is 5.98. The molecule has 1 aliphatic carbocycles. The molecule has 16 heavy (non-hydrogen) atoms. The van der Waals surface area contributed by atoms with Gasteiger partial charge in [-0.05, 0) is 17.7 Å². The van der Waals surface area contributed by atoms with E-state index >= 15 is 0 Å². The Labute approximate surface area is 98.3 Å². The molecule has 0 amide bonds. The molecule has 0 fully saturated rings. The van der Waals surface area contributed by atoms with Gasteiger partial charge in [0.15, 0.2) is 0 Å². The smallest absolute Gasteiger partial charge is 0.0924 e. The highest BCUT2D eigenvalue weighted by Gasteiger charge is 2.21. The van der Waals surface area contributed by atoms with Crippen LogP contribution in [0.25, 0.3) is 11.3 Å². The van der Waals surface area contributed by atoms with Crippen molar-refractivity contribution in [3.63, 3.8) is 0 Å². The monoisotopic (exact) mass is 231 g/mol. The molecule has 1 aliphatic rings. The second kappa shape index (κ2) is 3.54. The normalized spacial score (nSPS) is 12.4. The molecule has 0 spiro atoms. The van der Waals surface area contributed by atoms with Gasteiger partial charge in [0.25, 0.3) is 0 Å². The fraction of sp³-hybridized carbons (Fsp3) is 0.167. The lowest BCUT2D eigenvalue weighted by molar-refractivity contribution is 0.933. The van der Waals surface area contributed by atoms with Crippen LogP contribution >= 0.6 is 11.6 Å². The van der Waals surface area contributed by atoms with Crippen LogP contribution in [0.1, 0.15) is 17.0 Å². The van der Waals surface area contributed by atoms with Crippen LogP contribution in [-0.4, -0.2) is 9.97 Å². The summed E-state index contributed by atoms with van der Waals surface area (Å²) in [4.78, 5) is 8.90. The number of fused-ring (bicyclic) bond motifs is 3. The number of halogens is 1. The first-order chi connectivity index (χ1) is 7.78. The molecule has 0 unspecified atom stereocenters. The van der Waals surface area contributed by atoms with E-state index in [-0.39, 0.29) is 0 Å². The van der Waals surface area contributed by atoms with Gasteiger partial charge < -0.3 is 5.73 Å². The summed E-state index contributed by atoms with van der Waals surface area (Å²) >= 11 is 5.98. The van der Waals surface area contributed by atoms with Gasteiger partial charge in [-0.2, -0.15) is 0 Å². The number of benzene rings is 1. The third kappa shape index (κ3) is 1.40. The van der Waals surface area contributed by atoms with Crippen LogP contribution < -0.4 is 5.73 Å². The average Bonchev–Trinajstić information content (AvgIpc) is 2.66. The largest absolute Gasteiger partial charge is 0.325 e. The second-order valence-electron chi connectivity index (χ2n) is 3.84. The van der Waals surface area contributed by atoms with E-state index in [0.29, 0.717) is 6.54 Å². The molecule has 4 heteroatoms. The van der Waals surface area contributed by atoms with Crippen molar-refractivity contribution in [2.45, 2.75) is 13.0 Å². The molecule has 1 aromatic carbocycles. The van der Waals surface area contributed by atoms with Gasteiger partial charge in [0.2, 0.25) is 0 Å². The second-order valence-corrected chi connectivity index (χ2v) is 4.28. The Hall–Kier alpha value is -1.45. The Kier molecular flexibility index (Phi) is 2.16. The fourth-order valence-electron chi connectivity index (χ4n) is 2.02. The van der Waals surface area contributed by atoms with Gasteiger partial charge in [0.1, 0.15) is 0 Å². The van der Waals surface area contributed by atoms with E-state index in [9.17, 15) is 0 Å². The van der Waals surface area contributed by atoms with Crippen LogP contribution in [0.4, 0.5) is 0 Å². The van der Waals surface area contributed by atoms with E-state index in [1.54, 1.807) is 6.20 Å². The number of nitrogens with two attached hydrogens (primary N) is 1. The lowest BCUT2D eigenvalue weighted by atomic mass is 10.1. The van der Waals surface area contributed by atoms with E-state index in [4.69, 9.17) is 17.3 Å².